The molecular formula is C12H21N3O3. The first-order chi connectivity index (χ1) is 8.41. The Morgan fingerprint density at radius 3 is 2.72 bits per heavy atom. The second-order valence-corrected chi connectivity index (χ2v) is 4.79. The highest BCUT2D eigenvalue weighted by molar-refractivity contribution is 5.87. The van der Waals surface area contributed by atoms with E-state index >= 15 is 0 Å². The second-order valence-electron chi connectivity index (χ2n) is 4.79. The molecule has 18 heavy (non-hydrogen) atoms. The van der Waals surface area contributed by atoms with Crippen molar-refractivity contribution >= 4 is 17.7 Å². The molecule has 2 amide bonds. The number of amides is 2. The van der Waals surface area contributed by atoms with Gasteiger partial charge >= 0.3 is 12.0 Å². The van der Waals surface area contributed by atoms with Crippen molar-refractivity contribution in [1.29, 1.82) is 0 Å². The average Bonchev–Trinajstić information content (AvgIpc) is 2.63. The van der Waals surface area contributed by atoms with Gasteiger partial charge in [-0.05, 0) is 13.8 Å². The predicted octanol–water partition coefficient (Wildman–Crippen LogP) is 1.37. The number of carbonyl (C=O) groups is 2. The summed E-state index contributed by atoms with van der Waals surface area (Å²) in [6.45, 7) is 7.87. The summed E-state index contributed by atoms with van der Waals surface area (Å²) in [4.78, 5) is 22.9. The predicted molar refractivity (Wildman–Crippen MR) is 68.2 cm³/mol. The number of esters is 1. The van der Waals surface area contributed by atoms with Crippen molar-refractivity contribution in [2.45, 2.75) is 40.2 Å². The first kappa shape index (κ1) is 14.5. The first-order valence-electron chi connectivity index (χ1n) is 6.19. The molecule has 0 aliphatic carbocycles. The lowest BCUT2D eigenvalue weighted by atomic mass is 10.2. The molecule has 1 aliphatic heterocycles. The SMILES string of the molecule is CC1=NN(C(=O)NCCOC(=O)C(C)C)C(C)C1. The van der Waals surface area contributed by atoms with Gasteiger partial charge in [0, 0.05) is 12.1 Å². The molecule has 0 aromatic rings. The van der Waals surface area contributed by atoms with Crippen LogP contribution >= 0.6 is 0 Å². The van der Waals surface area contributed by atoms with Gasteiger partial charge in [0.05, 0.1) is 18.5 Å². The summed E-state index contributed by atoms with van der Waals surface area (Å²) < 4.78 is 4.96. The van der Waals surface area contributed by atoms with Crippen molar-refractivity contribution in [3.05, 3.63) is 0 Å². The van der Waals surface area contributed by atoms with Gasteiger partial charge in [-0.3, -0.25) is 4.79 Å². The van der Waals surface area contributed by atoms with E-state index in [1.54, 1.807) is 13.8 Å². The second kappa shape index (κ2) is 6.37. The molecule has 0 saturated carbocycles. The van der Waals surface area contributed by atoms with E-state index in [4.69, 9.17) is 4.74 Å². The van der Waals surface area contributed by atoms with Crippen LogP contribution in [0.4, 0.5) is 4.79 Å². The van der Waals surface area contributed by atoms with Crippen LogP contribution in [0.5, 0.6) is 0 Å². The zero-order chi connectivity index (χ0) is 13.7. The fourth-order valence-electron chi connectivity index (χ4n) is 1.64. The molecule has 1 atom stereocenters. The van der Waals surface area contributed by atoms with Crippen molar-refractivity contribution < 1.29 is 14.3 Å². The molecular weight excluding hydrogens is 234 g/mol. The molecule has 0 aromatic heterocycles. The molecule has 1 heterocycles. The Labute approximate surface area is 107 Å². The van der Waals surface area contributed by atoms with Crippen LogP contribution in [0, 0.1) is 5.92 Å². The number of nitrogens with one attached hydrogen (secondary N) is 1. The van der Waals surface area contributed by atoms with Gasteiger partial charge in [-0.15, -0.1) is 0 Å². The van der Waals surface area contributed by atoms with E-state index in [0.717, 1.165) is 12.1 Å². The smallest absolute Gasteiger partial charge is 0.338 e. The lowest BCUT2D eigenvalue weighted by Crippen LogP contribution is -2.40. The van der Waals surface area contributed by atoms with E-state index in [2.05, 4.69) is 10.4 Å². The monoisotopic (exact) mass is 255 g/mol. The van der Waals surface area contributed by atoms with Crippen LogP contribution in [0.3, 0.4) is 0 Å². The van der Waals surface area contributed by atoms with E-state index in [1.165, 1.54) is 5.01 Å². The minimum Gasteiger partial charge on any atom is -0.464 e. The van der Waals surface area contributed by atoms with Crippen molar-refractivity contribution in [3.8, 4) is 0 Å². The van der Waals surface area contributed by atoms with Gasteiger partial charge in [-0.1, -0.05) is 13.8 Å². The summed E-state index contributed by atoms with van der Waals surface area (Å²) in [5.74, 6) is -0.404. The number of ether oxygens (including phenoxy) is 1. The molecule has 1 aliphatic rings. The van der Waals surface area contributed by atoms with Gasteiger partial charge in [0.25, 0.3) is 0 Å². The number of hydrazone groups is 1. The Balaban J connectivity index is 2.24. The zero-order valence-electron chi connectivity index (χ0n) is 11.4. The number of carbonyl (C=O) groups excluding carboxylic acids is 2. The molecule has 1 N–H and O–H groups in total. The van der Waals surface area contributed by atoms with Crippen LogP contribution in [0.2, 0.25) is 0 Å². The van der Waals surface area contributed by atoms with E-state index in [-0.39, 0.29) is 30.6 Å². The lowest BCUT2D eigenvalue weighted by molar-refractivity contribution is -0.147. The van der Waals surface area contributed by atoms with Gasteiger partial charge in [0.1, 0.15) is 6.61 Å². The molecule has 0 bridgehead atoms. The molecule has 102 valence electrons. The molecule has 1 rings (SSSR count). The van der Waals surface area contributed by atoms with Crippen LogP contribution in [0.15, 0.2) is 5.10 Å². The number of urea groups is 1. The Morgan fingerprint density at radius 1 is 1.56 bits per heavy atom. The molecule has 0 fully saturated rings. The number of hydrogen-bond donors (Lipinski definition) is 1. The number of nitrogens with zero attached hydrogens (tertiary/aromatic N) is 2. The number of hydrogen-bond acceptors (Lipinski definition) is 4. The van der Waals surface area contributed by atoms with Crippen LogP contribution in [-0.4, -0.2) is 41.9 Å². The minimum atomic E-state index is -0.257. The van der Waals surface area contributed by atoms with Gasteiger partial charge in [-0.2, -0.15) is 5.10 Å². The highest BCUT2D eigenvalue weighted by Gasteiger charge is 2.25. The van der Waals surface area contributed by atoms with Crippen LogP contribution in [-0.2, 0) is 9.53 Å². The van der Waals surface area contributed by atoms with Crippen molar-refractivity contribution in [1.82, 2.24) is 10.3 Å². The Kier molecular flexibility index (Phi) is 5.12. The molecule has 0 aromatic carbocycles. The van der Waals surface area contributed by atoms with E-state index < -0.39 is 0 Å². The average molecular weight is 255 g/mol. The highest BCUT2D eigenvalue weighted by Crippen LogP contribution is 2.14. The highest BCUT2D eigenvalue weighted by atomic mass is 16.5. The van der Waals surface area contributed by atoms with Crippen molar-refractivity contribution in [2.24, 2.45) is 11.0 Å². The third kappa shape index (κ3) is 4.01. The van der Waals surface area contributed by atoms with Gasteiger partial charge in [0.15, 0.2) is 0 Å². The van der Waals surface area contributed by atoms with Gasteiger partial charge in [-0.25, -0.2) is 9.80 Å². The lowest BCUT2D eigenvalue weighted by Gasteiger charge is -2.18. The van der Waals surface area contributed by atoms with E-state index in [0.29, 0.717) is 6.54 Å². The molecule has 6 heteroatoms. The molecule has 6 nitrogen and oxygen atoms in total. The largest absolute Gasteiger partial charge is 0.464 e. The topological polar surface area (TPSA) is 71.0 Å². The maximum atomic E-state index is 11.7. The van der Waals surface area contributed by atoms with E-state index in [1.807, 2.05) is 13.8 Å². The van der Waals surface area contributed by atoms with Crippen LogP contribution in [0.1, 0.15) is 34.1 Å². The minimum absolute atomic E-state index is 0.0863. The first-order valence-corrected chi connectivity index (χ1v) is 6.19. The van der Waals surface area contributed by atoms with Crippen LogP contribution in [0.25, 0.3) is 0 Å². The van der Waals surface area contributed by atoms with Crippen LogP contribution < -0.4 is 5.32 Å². The standard InChI is InChI=1S/C12H21N3O3/c1-8(2)11(16)18-6-5-13-12(17)15-10(4)7-9(3)14-15/h8,10H,5-7H2,1-4H3,(H,13,17). The maximum absolute atomic E-state index is 11.7. The quantitative estimate of drug-likeness (QED) is 0.609. The Hall–Kier alpha value is -1.59. The molecule has 0 saturated heterocycles. The summed E-state index contributed by atoms with van der Waals surface area (Å²) in [6, 6.07) is -0.164. The molecule has 0 radical (unpaired) electrons. The zero-order valence-corrected chi connectivity index (χ0v) is 11.4. The Morgan fingerprint density at radius 2 is 2.22 bits per heavy atom. The third-order valence-corrected chi connectivity index (χ3v) is 2.59. The summed E-state index contributed by atoms with van der Waals surface area (Å²) in [5.41, 5.74) is 0.948. The van der Waals surface area contributed by atoms with Crippen molar-refractivity contribution in [2.75, 3.05) is 13.2 Å². The fourth-order valence-corrected chi connectivity index (χ4v) is 1.64. The third-order valence-electron chi connectivity index (χ3n) is 2.59. The summed E-state index contributed by atoms with van der Waals surface area (Å²) in [7, 11) is 0. The van der Waals surface area contributed by atoms with Gasteiger partial charge < -0.3 is 10.1 Å². The summed E-state index contributed by atoms with van der Waals surface area (Å²) in [5, 5.41) is 8.24. The van der Waals surface area contributed by atoms with Gasteiger partial charge in [0.2, 0.25) is 0 Å². The fraction of sp³-hybridized carbons (Fsp3) is 0.750. The normalized spacial score (nSPS) is 18.8. The summed E-state index contributed by atoms with van der Waals surface area (Å²) >= 11 is 0. The van der Waals surface area contributed by atoms with Crippen molar-refractivity contribution in [3.63, 3.8) is 0 Å². The molecule has 1 unspecified atom stereocenters. The Bertz CT molecular complexity index is 352. The number of rotatable bonds is 4. The van der Waals surface area contributed by atoms with E-state index in [9.17, 15) is 9.59 Å². The maximum Gasteiger partial charge on any atom is 0.338 e. The summed E-state index contributed by atoms with van der Waals surface area (Å²) in [6.07, 6.45) is 0.801. The molecule has 0 spiro atoms.